The third kappa shape index (κ3) is 3.68. The molecule has 120 valence electrons. The average molecular weight is 302 g/mol. The van der Waals surface area contributed by atoms with Crippen LogP contribution in [-0.4, -0.2) is 41.7 Å². The van der Waals surface area contributed by atoms with Gasteiger partial charge in [0.05, 0.1) is 19.2 Å². The van der Waals surface area contributed by atoms with Crippen molar-refractivity contribution in [3.63, 3.8) is 0 Å². The molecule has 22 heavy (non-hydrogen) atoms. The van der Waals surface area contributed by atoms with E-state index in [1.807, 2.05) is 0 Å². The van der Waals surface area contributed by atoms with E-state index in [2.05, 4.69) is 41.4 Å². The van der Waals surface area contributed by atoms with Crippen LogP contribution in [0.15, 0.2) is 24.3 Å². The fraction of sp³-hybridized carbons (Fsp3) is 0.611. The van der Waals surface area contributed by atoms with Crippen molar-refractivity contribution >= 4 is 5.91 Å². The smallest absolute Gasteiger partial charge is 0.234 e. The number of nitrogens with zero attached hydrogens (tertiary/aromatic N) is 1. The number of rotatable bonds is 6. The summed E-state index contributed by atoms with van der Waals surface area (Å²) in [6.07, 6.45) is 4.46. The normalized spacial score (nSPS) is 23.5. The number of carbonyl (C=O) groups excluding carboxylic acids is 1. The quantitative estimate of drug-likeness (QED) is 0.845. The summed E-state index contributed by atoms with van der Waals surface area (Å²) in [5, 5.41) is 12.6. The molecule has 0 spiro atoms. The molecular formula is C18H26N2O2. The van der Waals surface area contributed by atoms with Gasteiger partial charge in [0, 0.05) is 6.04 Å². The van der Waals surface area contributed by atoms with E-state index in [9.17, 15) is 9.90 Å². The molecule has 1 saturated heterocycles. The van der Waals surface area contributed by atoms with Gasteiger partial charge in [-0.1, -0.05) is 29.8 Å². The maximum Gasteiger partial charge on any atom is 0.234 e. The lowest BCUT2D eigenvalue weighted by atomic mass is 10.0. The standard InChI is InChI=1S/C18H26N2O2/c1-13-4-6-14(7-5-13)18(15-8-9-15)19-17(22)11-20-10-2-3-16(20)12-21/h4-7,15-16,18,21H,2-3,8-12H2,1H3,(H,19,22)/t16-,18-/m1/s1. The second-order valence-electron chi connectivity index (χ2n) is 6.74. The van der Waals surface area contributed by atoms with E-state index in [1.165, 1.54) is 24.0 Å². The lowest BCUT2D eigenvalue weighted by Gasteiger charge is -2.24. The van der Waals surface area contributed by atoms with Gasteiger partial charge < -0.3 is 10.4 Å². The zero-order valence-corrected chi connectivity index (χ0v) is 13.3. The first-order valence-corrected chi connectivity index (χ1v) is 8.38. The molecule has 2 atom stereocenters. The van der Waals surface area contributed by atoms with Crippen molar-refractivity contribution in [1.29, 1.82) is 0 Å². The van der Waals surface area contributed by atoms with Crippen molar-refractivity contribution in [2.24, 2.45) is 5.92 Å². The predicted octanol–water partition coefficient (Wildman–Crippen LogP) is 2.02. The zero-order chi connectivity index (χ0) is 15.5. The summed E-state index contributed by atoms with van der Waals surface area (Å²) >= 11 is 0. The lowest BCUT2D eigenvalue weighted by Crippen LogP contribution is -2.42. The molecule has 2 N–H and O–H groups in total. The van der Waals surface area contributed by atoms with Gasteiger partial charge in [-0.2, -0.15) is 0 Å². The van der Waals surface area contributed by atoms with Crippen molar-refractivity contribution in [2.45, 2.75) is 44.7 Å². The highest BCUT2D eigenvalue weighted by Crippen LogP contribution is 2.41. The number of aliphatic hydroxyl groups excluding tert-OH is 1. The molecule has 1 aliphatic carbocycles. The summed E-state index contributed by atoms with van der Waals surface area (Å²) in [4.78, 5) is 14.5. The van der Waals surface area contributed by atoms with Crippen molar-refractivity contribution in [3.8, 4) is 0 Å². The molecule has 1 aromatic carbocycles. The van der Waals surface area contributed by atoms with Crippen molar-refractivity contribution in [1.82, 2.24) is 10.2 Å². The molecule has 1 aliphatic heterocycles. The minimum atomic E-state index is 0.0813. The van der Waals surface area contributed by atoms with Gasteiger partial charge >= 0.3 is 0 Å². The van der Waals surface area contributed by atoms with Crippen molar-refractivity contribution in [3.05, 3.63) is 35.4 Å². The molecule has 0 radical (unpaired) electrons. The van der Waals surface area contributed by atoms with Gasteiger partial charge in [-0.05, 0) is 50.6 Å². The minimum Gasteiger partial charge on any atom is -0.395 e. The van der Waals surface area contributed by atoms with E-state index in [1.54, 1.807) is 0 Å². The molecule has 0 unspecified atom stereocenters. The van der Waals surface area contributed by atoms with Crippen molar-refractivity contribution in [2.75, 3.05) is 19.7 Å². The van der Waals surface area contributed by atoms with E-state index >= 15 is 0 Å². The first-order chi connectivity index (χ1) is 10.7. The van der Waals surface area contributed by atoms with Crippen LogP contribution in [-0.2, 0) is 4.79 Å². The van der Waals surface area contributed by atoms with Gasteiger partial charge in [0.2, 0.25) is 5.91 Å². The Morgan fingerprint density at radius 2 is 2.05 bits per heavy atom. The Morgan fingerprint density at radius 1 is 1.32 bits per heavy atom. The maximum atomic E-state index is 12.4. The summed E-state index contributed by atoms with van der Waals surface area (Å²) < 4.78 is 0. The van der Waals surface area contributed by atoms with Gasteiger partial charge in [-0.3, -0.25) is 9.69 Å². The van der Waals surface area contributed by atoms with Crippen LogP contribution >= 0.6 is 0 Å². The largest absolute Gasteiger partial charge is 0.395 e. The fourth-order valence-corrected chi connectivity index (χ4v) is 3.39. The number of carbonyl (C=O) groups is 1. The Labute approximate surface area is 132 Å². The molecule has 2 aliphatic rings. The molecule has 1 amide bonds. The number of benzene rings is 1. The van der Waals surface area contributed by atoms with Crippen LogP contribution in [0.1, 0.15) is 42.9 Å². The molecule has 2 fully saturated rings. The van der Waals surface area contributed by atoms with Crippen LogP contribution in [0.25, 0.3) is 0 Å². The van der Waals surface area contributed by atoms with Crippen LogP contribution in [0.4, 0.5) is 0 Å². The Hall–Kier alpha value is -1.39. The maximum absolute atomic E-state index is 12.4. The van der Waals surface area contributed by atoms with E-state index in [0.717, 1.165) is 19.4 Å². The Bertz CT molecular complexity index is 510. The van der Waals surface area contributed by atoms with Crippen LogP contribution < -0.4 is 5.32 Å². The van der Waals surface area contributed by atoms with Crippen LogP contribution in [0.3, 0.4) is 0 Å². The highest BCUT2D eigenvalue weighted by molar-refractivity contribution is 5.78. The lowest BCUT2D eigenvalue weighted by molar-refractivity contribution is -0.123. The summed E-state index contributed by atoms with van der Waals surface area (Å²) in [6, 6.07) is 8.78. The number of amides is 1. The average Bonchev–Trinajstić information content (AvgIpc) is 3.26. The number of hydrogen-bond donors (Lipinski definition) is 2. The number of aliphatic hydroxyl groups is 1. The summed E-state index contributed by atoms with van der Waals surface area (Å²) in [7, 11) is 0. The SMILES string of the molecule is Cc1ccc([C@@H](NC(=O)CN2CCC[C@@H]2CO)C2CC2)cc1. The topological polar surface area (TPSA) is 52.6 Å². The first kappa shape index (κ1) is 15.5. The third-order valence-corrected chi connectivity index (χ3v) is 4.90. The minimum absolute atomic E-state index is 0.0813. The monoisotopic (exact) mass is 302 g/mol. The molecular weight excluding hydrogens is 276 g/mol. The molecule has 1 aromatic rings. The summed E-state index contributed by atoms with van der Waals surface area (Å²) in [5.41, 5.74) is 2.45. The fourth-order valence-electron chi connectivity index (χ4n) is 3.39. The third-order valence-electron chi connectivity index (χ3n) is 4.90. The van der Waals surface area contributed by atoms with Crippen LogP contribution in [0.5, 0.6) is 0 Å². The highest BCUT2D eigenvalue weighted by atomic mass is 16.3. The molecule has 4 nitrogen and oxygen atoms in total. The first-order valence-electron chi connectivity index (χ1n) is 8.38. The molecule has 0 bridgehead atoms. The second-order valence-corrected chi connectivity index (χ2v) is 6.74. The zero-order valence-electron chi connectivity index (χ0n) is 13.3. The molecule has 4 heteroatoms. The number of likely N-dealkylation sites (tertiary alicyclic amines) is 1. The van der Waals surface area contributed by atoms with Gasteiger partial charge in [0.25, 0.3) is 0 Å². The van der Waals surface area contributed by atoms with Crippen LogP contribution in [0.2, 0.25) is 0 Å². The van der Waals surface area contributed by atoms with E-state index in [0.29, 0.717) is 12.5 Å². The summed E-state index contributed by atoms with van der Waals surface area (Å²) in [6.45, 7) is 3.55. The van der Waals surface area contributed by atoms with Gasteiger partial charge in [0.15, 0.2) is 0 Å². The molecule has 0 aromatic heterocycles. The van der Waals surface area contributed by atoms with Crippen LogP contribution in [0, 0.1) is 12.8 Å². The number of nitrogens with one attached hydrogen (secondary N) is 1. The predicted molar refractivity (Wildman–Crippen MR) is 86.5 cm³/mol. The molecule has 1 heterocycles. The van der Waals surface area contributed by atoms with Crippen molar-refractivity contribution < 1.29 is 9.90 Å². The highest BCUT2D eigenvalue weighted by Gasteiger charge is 2.34. The molecule has 1 saturated carbocycles. The van der Waals surface area contributed by atoms with E-state index in [-0.39, 0.29) is 24.6 Å². The Morgan fingerprint density at radius 3 is 2.68 bits per heavy atom. The van der Waals surface area contributed by atoms with E-state index in [4.69, 9.17) is 0 Å². The molecule has 3 rings (SSSR count). The van der Waals surface area contributed by atoms with Gasteiger partial charge in [0.1, 0.15) is 0 Å². The number of aryl methyl sites for hydroxylation is 1. The number of hydrogen-bond acceptors (Lipinski definition) is 3. The Kier molecular flexibility index (Phi) is 4.79. The van der Waals surface area contributed by atoms with Gasteiger partial charge in [-0.25, -0.2) is 0 Å². The second kappa shape index (κ2) is 6.80. The van der Waals surface area contributed by atoms with Gasteiger partial charge in [-0.15, -0.1) is 0 Å². The van der Waals surface area contributed by atoms with E-state index < -0.39 is 0 Å². The Balaban J connectivity index is 1.61. The summed E-state index contributed by atoms with van der Waals surface area (Å²) in [5.74, 6) is 0.664.